The summed E-state index contributed by atoms with van der Waals surface area (Å²) in [5.41, 5.74) is 2.79. The third-order valence-electron chi connectivity index (χ3n) is 3.04. The van der Waals surface area contributed by atoms with Crippen LogP contribution in [0.1, 0.15) is 30.3 Å². The summed E-state index contributed by atoms with van der Waals surface area (Å²) in [6.07, 6.45) is 0. The second-order valence-corrected chi connectivity index (χ2v) is 5.58. The van der Waals surface area contributed by atoms with E-state index in [2.05, 4.69) is 19.2 Å². The number of hydrogen-bond donors (Lipinski definition) is 1. The Morgan fingerprint density at radius 1 is 1.33 bits per heavy atom. The molecule has 0 radical (unpaired) electrons. The van der Waals surface area contributed by atoms with Gasteiger partial charge in [-0.15, -0.1) is 11.3 Å². The van der Waals surface area contributed by atoms with Crippen LogP contribution >= 0.6 is 11.3 Å². The van der Waals surface area contributed by atoms with Gasteiger partial charge in [0, 0.05) is 16.5 Å². The van der Waals surface area contributed by atoms with Gasteiger partial charge < -0.3 is 5.32 Å². The summed E-state index contributed by atoms with van der Waals surface area (Å²) in [7, 11) is 0. The molecular formula is C15H18FNS. The molecule has 0 aliphatic heterocycles. The van der Waals surface area contributed by atoms with Crippen LogP contribution in [0.4, 0.5) is 4.39 Å². The Hall–Kier alpha value is -1.19. The molecular weight excluding hydrogens is 245 g/mol. The fraction of sp³-hybridized carbons (Fsp3) is 0.333. The number of hydrogen-bond acceptors (Lipinski definition) is 2. The quantitative estimate of drug-likeness (QED) is 0.854. The first-order valence-corrected chi connectivity index (χ1v) is 7.08. The van der Waals surface area contributed by atoms with Gasteiger partial charge >= 0.3 is 0 Å². The summed E-state index contributed by atoms with van der Waals surface area (Å²) in [5.74, 6) is -0.153. The monoisotopic (exact) mass is 263 g/mol. The zero-order valence-electron chi connectivity index (χ0n) is 11.0. The molecule has 0 saturated carbocycles. The maximum Gasteiger partial charge on any atom is 0.131 e. The van der Waals surface area contributed by atoms with E-state index >= 15 is 0 Å². The molecule has 1 aromatic heterocycles. The molecule has 0 fully saturated rings. The lowest BCUT2D eigenvalue weighted by atomic mass is 10.0. The van der Waals surface area contributed by atoms with Crippen LogP contribution in [0.25, 0.3) is 11.1 Å². The Morgan fingerprint density at radius 3 is 2.72 bits per heavy atom. The van der Waals surface area contributed by atoms with E-state index < -0.39 is 0 Å². The van der Waals surface area contributed by atoms with Crippen LogP contribution in [0.2, 0.25) is 0 Å². The number of thiophene rings is 1. The maximum absolute atomic E-state index is 13.9. The normalized spacial score (nSPS) is 12.7. The highest BCUT2D eigenvalue weighted by atomic mass is 32.1. The number of halogens is 1. The maximum atomic E-state index is 13.9. The molecule has 0 bridgehead atoms. The van der Waals surface area contributed by atoms with Crippen LogP contribution in [0, 0.1) is 12.7 Å². The van der Waals surface area contributed by atoms with E-state index in [1.165, 1.54) is 4.88 Å². The minimum Gasteiger partial charge on any atom is -0.310 e. The molecule has 2 aromatic rings. The van der Waals surface area contributed by atoms with Crippen LogP contribution in [-0.2, 0) is 0 Å². The standard InChI is InChI=1S/C15H18FNS/c1-4-17-11(3)12-5-6-15(16)14(8-12)13-7-10(2)18-9-13/h5-9,11,17H,4H2,1-3H3. The van der Waals surface area contributed by atoms with Crippen molar-refractivity contribution in [2.75, 3.05) is 6.54 Å². The molecule has 1 atom stereocenters. The predicted octanol–water partition coefficient (Wildman–Crippen LogP) is 4.53. The van der Waals surface area contributed by atoms with Gasteiger partial charge in [-0.25, -0.2) is 4.39 Å². The van der Waals surface area contributed by atoms with Crippen LogP contribution in [0.3, 0.4) is 0 Å². The fourth-order valence-electron chi connectivity index (χ4n) is 2.04. The predicted molar refractivity (Wildman–Crippen MR) is 76.5 cm³/mol. The Kier molecular flexibility index (Phi) is 4.15. The molecule has 0 amide bonds. The molecule has 18 heavy (non-hydrogen) atoms. The summed E-state index contributed by atoms with van der Waals surface area (Å²) in [5, 5.41) is 5.35. The number of benzene rings is 1. The summed E-state index contributed by atoms with van der Waals surface area (Å²) in [4.78, 5) is 1.20. The van der Waals surface area contributed by atoms with Crippen molar-refractivity contribution in [1.82, 2.24) is 5.32 Å². The van der Waals surface area contributed by atoms with Crippen molar-refractivity contribution in [3.05, 3.63) is 45.9 Å². The number of aryl methyl sites for hydroxylation is 1. The summed E-state index contributed by atoms with van der Waals surface area (Å²) >= 11 is 1.65. The molecule has 1 heterocycles. The van der Waals surface area contributed by atoms with Crippen LogP contribution in [0.15, 0.2) is 29.6 Å². The van der Waals surface area contributed by atoms with Gasteiger partial charge in [0.25, 0.3) is 0 Å². The fourth-order valence-corrected chi connectivity index (χ4v) is 2.75. The second-order valence-electron chi connectivity index (χ2n) is 4.46. The SMILES string of the molecule is CCNC(C)c1ccc(F)c(-c2csc(C)c2)c1. The lowest BCUT2D eigenvalue weighted by Gasteiger charge is -2.14. The lowest BCUT2D eigenvalue weighted by molar-refractivity contribution is 0.593. The van der Waals surface area contributed by atoms with Gasteiger partial charge in [0.15, 0.2) is 0 Å². The van der Waals surface area contributed by atoms with E-state index in [4.69, 9.17) is 0 Å². The van der Waals surface area contributed by atoms with Gasteiger partial charge in [-0.1, -0.05) is 13.0 Å². The highest BCUT2D eigenvalue weighted by molar-refractivity contribution is 7.10. The molecule has 1 aromatic carbocycles. The van der Waals surface area contributed by atoms with Crippen molar-refractivity contribution >= 4 is 11.3 Å². The molecule has 1 N–H and O–H groups in total. The first-order valence-electron chi connectivity index (χ1n) is 6.20. The van der Waals surface area contributed by atoms with Crippen LogP contribution < -0.4 is 5.32 Å². The van der Waals surface area contributed by atoms with Crippen LogP contribution in [-0.4, -0.2) is 6.54 Å². The highest BCUT2D eigenvalue weighted by Gasteiger charge is 2.10. The van der Waals surface area contributed by atoms with Gasteiger partial charge in [-0.05, 0) is 55.1 Å². The molecule has 1 unspecified atom stereocenters. The smallest absolute Gasteiger partial charge is 0.131 e. The minimum absolute atomic E-state index is 0.153. The van der Waals surface area contributed by atoms with Crippen molar-refractivity contribution in [1.29, 1.82) is 0 Å². The molecule has 96 valence electrons. The third-order valence-corrected chi connectivity index (χ3v) is 3.90. The Bertz CT molecular complexity index is 533. The van der Waals surface area contributed by atoms with Crippen molar-refractivity contribution in [2.24, 2.45) is 0 Å². The number of nitrogens with one attached hydrogen (secondary N) is 1. The zero-order chi connectivity index (χ0) is 13.1. The molecule has 0 aliphatic carbocycles. The average Bonchev–Trinajstić information content (AvgIpc) is 2.76. The zero-order valence-corrected chi connectivity index (χ0v) is 11.8. The Balaban J connectivity index is 2.38. The van der Waals surface area contributed by atoms with E-state index in [1.54, 1.807) is 17.4 Å². The Labute approximate surface area is 112 Å². The van der Waals surface area contributed by atoms with E-state index in [-0.39, 0.29) is 11.9 Å². The van der Waals surface area contributed by atoms with E-state index in [0.717, 1.165) is 17.7 Å². The van der Waals surface area contributed by atoms with Gasteiger partial charge in [-0.3, -0.25) is 0 Å². The Morgan fingerprint density at radius 2 is 2.11 bits per heavy atom. The van der Waals surface area contributed by atoms with Gasteiger partial charge in [-0.2, -0.15) is 0 Å². The largest absolute Gasteiger partial charge is 0.310 e. The second kappa shape index (κ2) is 5.63. The first kappa shape index (κ1) is 13.2. The summed E-state index contributed by atoms with van der Waals surface area (Å²) < 4.78 is 13.9. The third kappa shape index (κ3) is 2.79. The van der Waals surface area contributed by atoms with Crippen molar-refractivity contribution in [2.45, 2.75) is 26.8 Å². The summed E-state index contributed by atoms with van der Waals surface area (Å²) in [6, 6.07) is 7.64. The van der Waals surface area contributed by atoms with Crippen molar-refractivity contribution < 1.29 is 4.39 Å². The average molecular weight is 263 g/mol. The molecule has 0 saturated heterocycles. The number of rotatable bonds is 4. The molecule has 0 spiro atoms. The van der Waals surface area contributed by atoms with E-state index in [1.807, 2.05) is 30.5 Å². The van der Waals surface area contributed by atoms with Crippen molar-refractivity contribution in [3.8, 4) is 11.1 Å². The van der Waals surface area contributed by atoms with E-state index in [0.29, 0.717) is 5.56 Å². The lowest BCUT2D eigenvalue weighted by Crippen LogP contribution is -2.17. The molecule has 2 rings (SSSR count). The molecule has 3 heteroatoms. The van der Waals surface area contributed by atoms with Crippen LogP contribution in [0.5, 0.6) is 0 Å². The topological polar surface area (TPSA) is 12.0 Å². The highest BCUT2D eigenvalue weighted by Crippen LogP contribution is 2.29. The first-order chi connectivity index (χ1) is 8.61. The summed E-state index contributed by atoms with van der Waals surface area (Å²) in [6.45, 7) is 7.12. The van der Waals surface area contributed by atoms with Gasteiger partial charge in [0.1, 0.15) is 5.82 Å². The minimum atomic E-state index is -0.153. The van der Waals surface area contributed by atoms with Gasteiger partial charge in [0.05, 0.1) is 0 Å². The van der Waals surface area contributed by atoms with Crippen molar-refractivity contribution in [3.63, 3.8) is 0 Å². The van der Waals surface area contributed by atoms with E-state index in [9.17, 15) is 4.39 Å². The molecule has 1 nitrogen and oxygen atoms in total. The van der Waals surface area contributed by atoms with Gasteiger partial charge in [0.2, 0.25) is 0 Å². The molecule has 0 aliphatic rings.